The van der Waals surface area contributed by atoms with Crippen LogP contribution in [-0.2, 0) is 0 Å². The molecule has 0 N–H and O–H groups in total. The van der Waals surface area contributed by atoms with E-state index in [0.717, 1.165) is 88.4 Å². The fourth-order valence-electron chi connectivity index (χ4n) is 11.0. The largest absolute Gasteiger partial charge is 0.309 e. The number of nitrogens with zero attached hydrogens (tertiary/aromatic N) is 8. The van der Waals surface area contributed by atoms with Gasteiger partial charge in [-0.3, -0.25) is 0 Å². The predicted octanol–water partition coefficient (Wildman–Crippen LogP) is 15.1. The number of para-hydroxylation sites is 6. The Labute approximate surface area is 389 Å². The van der Waals surface area contributed by atoms with Gasteiger partial charge in [-0.05, 0) is 86.6 Å². The summed E-state index contributed by atoms with van der Waals surface area (Å²) in [5, 5.41) is 9.31. The maximum Gasteiger partial charge on any atom is 0.200 e. The van der Waals surface area contributed by atoms with Gasteiger partial charge in [-0.15, -0.1) is 0 Å². The molecule has 8 nitrogen and oxygen atoms in total. The van der Waals surface area contributed by atoms with Crippen molar-refractivity contribution in [3.63, 3.8) is 0 Å². The second kappa shape index (κ2) is 14.3. The normalized spacial score (nSPS) is 12.0. The van der Waals surface area contributed by atoms with Crippen molar-refractivity contribution in [3.05, 3.63) is 217 Å². The third-order valence-corrected chi connectivity index (χ3v) is 13.8. The summed E-state index contributed by atoms with van der Waals surface area (Å²) >= 11 is 0. The molecule has 0 aliphatic carbocycles. The molecule has 0 saturated heterocycles. The van der Waals surface area contributed by atoms with Gasteiger partial charge in [0.25, 0.3) is 0 Å². The first-order valence-corrected chi connectivity index (χ1v) is 22.8. The van der Waals surface area contributed by atoms with E-state index < -0.39 is 0 Å². The molecule has 14 aromatic rings. The molecule has 0 aliphatic heterocycles. The first-order chi connectivity index (χ1) is 33.5. The van der Waals surface area contributed by atoms with Crippen molar-refractivity contribution >= 4 is 92.9 Å². The molecule has 0 amide bonds. The first kappa shape index (κ1) is 38.0. The van der Waals surface area contributed by atoms with Crippen molar-refractivity contribution in [1.29, 1.82) is 0 Å². The van der Waals surface area contributed by atoms with Crippen LogP contribution in [0.5, 0.6) is 0 Å². The number of hydrogen-bond acceptors (Lipinski definition) is 3. The van der Waals surface area contributed by atoms with Gasteiger partial charge in [-0.2, -0.15) is 0 Å². The van der Waals surface area contributed by atoms with Crippen LogP contribution in [0.25, 0.3) is 126 Å². The summed E-state index contributed by atoms with van der Waals surface area (Å²) in [4.78, 5) is 18.5. The van der Waals surface area contributed by atoms with E-state index in [1.165, 1.54) is 21.5 Å². The average molecular weight is 871 g/mol. The number of rotatable bonds is 5. The van der Waals surface area contributed by atoms with Crippen molar-refractivity contribution in [2.75, 3.05) is 0 Å². The standard InChI is InChI=1S/C60H38N8/c1-36-62-37(2)64-60(63-36)48-34-58(67-54-26-14-8-20-44(54)46-30-28-38(32-56(46)67)65-50-22-10-4-16-40(50)41-17-5-11-23-51(41)65)59(35-49(48)61-3)68-55-27-15-9-21-45(55)47-31-29-39(33-57(47)68)66-52-24-12-6-18-42(52)43-19-7-13-25-53(43)66/h4-35H,1-2H3. The number of aryl methyl sites for hydroxylation is 2. The lowest BCUT2D eigenvalue weighted by molar-refractivity contribution is 0.928. The molecule has 0 atom stereocenters. The molecule has 9 aromatic carbocycles. The maximum absolute atomic E-state index is 8.75. The number of hydrogen-bond donors (Lipinski definition) is 0. The van der Waals surface area contributed by atoms with Crippen LogP contribution in [0, 0.1) is 20.4 Å². The van der Waals surface area contributed by atoms with Gasteiger partial charge in [0.2, 0.25) is 0 Å². The Hall–Kier alpha value is -9.32. The average Bonchev–Trinajstić information content (AvgIpc) is 4.10. The molecule has 68 heavy (non-hydrogen) atoms. The molecule has 0 aliphatic rings. The highest BCUT2D eigenvalue weighted by Crippen LogP contribution is 2.44. The lowest BCUT2D eigenvalue weighted by Crippen LogP contribution is -2.06. The lowest BCUT2D eigenvalue weighted by Gasteiger charge is -2.20. The van der Waals surface area contributed by atoms with Crippen LogP contribution in [0.3, 0.4) is 0 Å². The van der Waals surface area contributed by atoms with E-state index in [9.17, 15) is 0 Å². The van der Waals surface area contributed by atoms with Crippen LogP contribution in [-0.4, -0.2) is 33.2 Å². The Bertz CT molecular complexity index is 4370. The predicted molar refractivity (Wildman–Crippen MR) is 278 cm³/mol. The molecule has 0 bridgehead atoms. The van der Waals surface area contributed by atoms with Crippen LogP contribution >= 0.6 is 0 Å². The second-order valence-corrected chi connectivity index (χ2v) is 17.6. The van der Waals surface area contributed by atoms with Crippen LogP contribution < -0.4 is 0 Å². The summed E-state index contributed by atoms with van der Waals surface area (Å²) in [6, 6.07) is 69.6. The van der Waals surface area contributed by atoms with Crippen LogP contribution in [0.1, 0.15) is 11.6 Å². The van der Waals surface area contributed by atoms with Gasteiger partial charge in [-0.25, -0.2) is 19.8 Å². The Morgan fingerprint density at radius 1 is 0.338 bits per heavy atom. The summed E-state index contributed by atoms with van der Waals surface area (Å²) < 4.78 is 9.49. The zero-order valence-corrected chi connectivity index (χ0v) is 37.1. The highest BCUT2D eigenvalue weighted by molar-refractivity contribution is 6.15. The zero-order valence-electron chi connectivity index (χ0n) is 37.1. The summed E-state index contributed by atoms with van der Waals surface area (Å²) in [7, 11) is 0. The topological polar surface area (TPSA) is 62.8 Å². The quantitative estimate of drug-likeness (QED) is 0.162. The Kier molecular flexibility index (Phi) is 8.01. The molecule has 14 rings (SSSR count). The summed E-state index contributed by atoms with van der Waals surface area (Å²) in [6.07, 6.45) is 0. The molecule has 5 heterocycles. The molecule has 0 unspecified atom stereocenters. The van der Waals surface area contributed by atoms with Gasteiger partial charge >= 0.3 is 0 Å². The smallest absolute Gasteiger partial charge is 0.200 e. The van der Waals surface area contributed by atoms with Crippen molar-refractivity contribution in [2.45, 2.75) is 13.8 Å². The Balaban J connectivity index is 1.12. The van der Waals surface area contributed by atoms with Crippen LogP contribution in [0.15, 0.2) is 194 Å². The maximum atomic E-state index is 8.75. The summed E-state index contributed by atoms with van der Waals surface area (Å²) in [5.74, 6) is 1.67. The van der Waals surface area contributed by atoms with Gasteiger partial charge in [0, 0.05) is 60.0 Å². The number of fused-ring (bicyclic) bond motifs is 12. The molecule has 5 aromatic heterocycles. The van der Waals surface area contributed by atoms with Crippen LogP contribution in [0.4, 0.5) is 5.69 Å². The first-order valence-electron chi connectivity index (χ1n) is 22.8. The molecule has 0 fully saturated rings. The number of benzene rings is 9. The van der Waals surface area contributed by atoms with E-state index in [-0.39, 0.29) is 0 Å². The lowest BCUT2D eigenvalue weighted by atomic mass is 10.1. The monoisotopic (exact) mass is 870 g/mol. The van der Waals surface area contributed by atoms with Gasteiger partial charge in [0.1, 0.15) is 11.6 Å². The zero-order chi connectivity index (χ0) is 45.2. The molecule has 0 saturated carbocycles. The van der Waals surface area contributed by atoms with E-state index in [1.807, 2.05) is 19.9 Å². The number of aromatic nitrogens is 7. The minimum absolute atomic E-state index is 0.449. The van der Waals surface area contributed by atoms with E-state index >= 15 is 0 Å². The van der Waals surface area contributed by atoms with Crippen molar-refractivity contribution in [1.82, 2.24) is 33.2 Å². The minimum Gasteiger partial charge on any atom is -0.309 e. The Morgan fingerprint density at radius 3 is 1.03 bits per heavy atom. The third kappa shape index (κ3) is 5.38. The van der Waals surface area contributed by atoms with Gasteiger partial charge in [0.15, 0.2) is 11.5 Å². The molecular weight excluding hydrogens is 833 g/mol. The van der Waals surface area contributed by atoms with Crippen LogP contribution in [0.2, 0.25) is 0 Å². The fraction of sp³-hybridized carbons (Fsp3) is 0.0333. The SMILES string of the molecule is [C-]#[N+]c1cc(-n2c3ccccc3c3ccc(-n4c5ccccc5c5ccccc54)cc32)c(-n2c3ccccc3c3ccc(-n4c5ccccc5c5ccccc54)cc32)cc1-c1nc(C)nc(C)n1. The molecule has 0 radical (unpaired) electrons. The second-order valence-electron chi connectivity index (χ2n) is 17.6. The molecule has 8 heteroatoms. The van der Waals surface area contributed by atoms with E-state index in [4.69, 9.17) is 16.5 Å². The van der Waals surface area contributed by atoms with Crippen molar-refractivity contribution < 1.29 is 0 Å². The van der Waals surface area contributed by atoms with E-state index in [1.54, 1.807) is 0 Å². The van der Waals surface area contributed by atoms with Gasteiger partial charge < -0.3 is 18.3 Å². The van der Waals surface area contributed by atoms with Crippen molar-refractivity contribution in [3.8, 4) is 34.1 Å². The molecular formula is C60H38N8. The Morgan fingerprint density at radius 2 is 0.662 bits per heavy atom. The van der Waals surface area contributed by atoms with E-state index in [0.29, 0.717) is 28.7 Å². The highest BCUT2D eigenvalue weighted by atomic mass is 15.1. The highest BCUT2D eigenvalue weighted by Gasteiger charge is 2.25. The molecule has 0 spiro atoms. The van der Waals surface area contributed by atoms with Gasteiger partial charge in [-0.1, -0.05) is 121 Å². The summed E-state index contributed by atoms with van der Waals surface area (Å²) in [5.41, 5.74) is 13.6. The van der Waals surface area contributed by atoms with E-state index in [2.05, 4.69) is 216 Å². The van der Waals surface area contributed by atoms with Crippen molar-refractivity contribution in [2.24, 2.45) is 0 Å². The molecule has 318 valence electrons. The fourth-order valence-corrected chi connectivity index (χ4v) is 11.0. The van der Waals surface area contributed by atoms with Gasteiger partial charge in [0.05, 0.1) is 62.1 Å². The minimum atomic E-state index is 0.449. The third-order valence-electron chi connectivity index (χ3n) is 13.8. The summed E-state index contributed by atoms with van der Waals surface area (Å²) in [6.45, 7) is 12.5.